The van der Waals surface area contributed by atoms with Crippen LogP contribution in [0.25, 0.3) is 10.9 Å². The fourth-order valence-electron chi connectivity index (χ4n) is 3.01. The molecule has 150 valence electrons. The Kier molecular flexibility index (Phi) is 6.32. The molecule has 29 heavy (non-hydrogen) atoms. The lowest BCUT2D eigenvalue weighted by Crippen LogP contribution is -2.36. The van der Waals surface area contributed by atoms with Gasteiger partial charge in [0.05, 0.1) is 18.1 Å². The molecule has 9 heteroatoms. The zero-order valence-corrected chi connectivity index (χ0v) is 17.0. The number of ether oxygens (including phenoxy) is 1. The molecular weight excluding hydrogens is 498 g/mol. The first-order valence-electron chi connectivity index (χ1n) is 8.55. The van der Waals surface area contributed by atoms with E-state index in [0.717, 1.165) is 22.5 Å². The van der Waals surface area contributed by atoms with Gasteiger partial charge in [-0.3, -0.25) is 4.79 Å². The SMILES string of the molecule is N#CCC(Cc1c[nH]c2ccccc12)NC(=O)c1cc(I)ccc1OC(F)(F)F. The lowest BCUT2D eigenvalue weighted by molar-refractivity contribution is -0.274. The normalized spacial score (nSPS) is 12.4. The van der Waals surface area contributed by atoms with Crippen molar-refractivity contribution >= 4 is 39.4 Å². The van der Waals surface area contributed by atoms with Gasteiger partial charge in [0.2, 0.25) is 0 Å². The Balaban J connectivity index is 1.83. The first kappa shape index (κ1) is 21.0. The Morgan fingerprint density at radius 3 is 2.76 bits per heavy atom. The van der Waals surface area contributed by atoms with Crippen molar-refractivity contribution in [2.45, 2.75) is 25.2 Å². The quantitative estimate of drug-likeness (QED) is 0.460. The van der Waals surface area contributed by atoms with E-state index in [4.69, 9.17) is 5.26 Å². The van der Waals surface area contributed by atoms with E-state index in [1.54, 1.807) is 6.20 Å². The molecule has 0 saturated heterocycles. The van der Waals surface area contributed by atoms with Crippen LogP contribution in [0.3, 0.4) is 0 Å². The van der Waals surface area contributed by atoms with Gasteiger partial charge in [-0.1, -0.05) is 18.2 Å². The van der Waals surface area contributed by atoms with Gasteiger partial charge in [-0.05, 0) is 58.8 Å². The third-order valence-electron chi connectivity index (χ3n) is 4.23. The van der Waals surface area contributed by atoms with Crippen LogP contribution in [0.5, 0.6) is 5.75 Å². The minimum absolute atomic E-state index is 0.00460. The summed E-state index contributed by atoms with van der Waals surface area (Å²) in [6, 6.07) is 12.8. The summed E-state index contributed by atoms with van der Waals surface area (Å²) in [6.07, 6.45) is -2.77. The van der Waals surface area contributed by atoms with Crippen molar-refractivity contribution in [3.05, 3.63) is 63.4 Å². The smallest absolute Gasteiger partial charge is 0.405 e. The van der Waals surface area contributed by atoms with Crippen LogP contribution in [0.2, 0.25) is 0 Å². The van der Waals surface area contributed by atoms with Gasteiger partial charge < -0.3 is 15.0 Å². The van der Waals surface area contributed by atoms with Crippen molar-refractivity contribution in [1.82, 2.24) is 10.3 Å². The molecule has 1 atom stereocenters. The Labute approximate surface area is 178 Å². The molecule has 0 radical (unpaired) electrons. The minimum atomic E-state index is -4.92. The number of aromatic amines is 1. The predicted octanol–water partition coefficient (Wildman–Crippen LogP) is 4.93. The number of alkyl halides is 3. The van der Waals surface area contributed by atoms with Crippen molar-refractivity contribution in [3.8, 4) is 11.8 Å². The molecule has 0 aliphatic carbocycles. The molecule has 1 amide bonds. The number of rotatable bonds is 6. The first-order chi connectivity index (χ1) is 13.8. The number of carbonyl (C=O) groups is 1. The number of aromatic nitrogens is 1. The number of amides is 1. The Bertz CT molecular complexity index is 1070. The molecule has 5 nitrogen and oxygen atoms in total. The van der Waals surface area contributed by atoms with Gasteiger partial charge in [0.15, 0.2) is 0 Å². The summed E-state index contributed by atoms with van der Waals surface area (Å²) in [6.45, 7) is 0. The van der Waals surface area contributed by atoms with Crippen LogP contribution in [0, 0.1) is 14.9 Å². The standard InChI is InChI=1S/C20H15F3IN3O2/c21-20(22,23)29-18-6-5-13(24)10-16(18)19(28)27-14(7-8-25)9-12-11-26-17-4-2-1-3-15(12)17/h1-6,10-11,14,26H,7,9H2,(H,27,28). The lowest BCUT2D eigenvalue weighted by atomic mass is 10.0. The lowest BCUT2D eigenvalue weighted by Gasteiger charge is -2.18. The van der Waals surface area contributed by atoms with E-state index in [1.165, 1.54) is 12.1 Å². The van der Waals surface area contributed by atoms with Gasteiger partial charge in [-0.25, -0.2) is 0 Å². The van der Waals surface area contributed by atoms with E-state index < -0.39 is 24.1 Å². The van der Waals surface area contributed by atoms with E-state index in [2.05, 4.69) is 15.0 Å². The summed E-state index contributed by atoms with van der Waals surface area (Å²) in [5, 5.41) is 12.8. The predicted molar refractivity (Wildman–Crippen MR) is 109 cm³/mol. The summed E-state index contributed by atoms with van der Waals surface area (Å²) in [5.74, 6) is -1.32. The van der Waals surface area contributed by atoms with E-state index in [0.29, 0.717) is 9.99 Å². The van der Waals surface area contributed by atoms with E-state index in [-0.39, 0.29) is 12.0 Å². The highest BCUT2D eigenvalue weighted by molar-refractivity contribution is 14.1. The van der Waals surface area contributed by atoms with Crippen LogP contribution in [-0.4, -0.2) is 23.3 Å². The second-order valence-corrected chi connectivity index (χ2v) is 7.53. The number of nitrogens with zero attached hydrogens (tertiary/aromatic N) is 1. The summed E-state index contributed by atoms with van der Waals surface area (Å²) in [5.41, 5.74) is 1.58. The number of halogens is 4. The average Bonchev–Trinajstić information content (AvgIpc) is 3.05. The second-order valence-electron chi connectivity index (χ2n) is 6.28. The molecule has 2 aromatic carbocycles. The molecule has 0 bridgehead atoms. The van der Waals surface area contributed by atoms with Crippen LogP contribution >= 0.6 is 22.6 Å². The first-order valence-corrected chi connectivity index (χ1v) is 9.63. The van der Waals surface area contributed by atoms with Gasteiger partial charge in [-0.15, -0.1) is 13.2 Å². The molecule has 0 spiro atoms. The highest BCUT2D eigenvalue weighted by atomic mass is 127. The molecule has 3 aromatic rings. The maximum absolute atomic E-state index is 12.7. The third-order valence-corrected chi connectivity index (χ3v) is 4.90. The number of hydrogen-bond donors (Lipinski definition) is 2. The number of para-hydroxylation sites is 1. The number of fused-ring (bicyclic) bond motifs is 1. The highest BCUT2D eigenvalue weighted by Crippen LogP contribution is 2.28. The van der Waals surface area contributed by atoms with E-state index >= 15 is 0 Å². The zero-order chi connectivity index (χ0) is 21.0. The van der Waals surface area contributed by atoms with Gasteiger partial charge in [0.25, 0.3) is 5.91 Å². The van der Waals surface area contributed by atoms with Crippen LogP contribution in [0.15, 0.2) is 48.7 Å². The maximum Gasteiger partial charge on any atom is 0.573 e. The fraction of sp³-hybridized carbons (Fsp3) is 0.200. The number of hydrogen-bond acceptors (Lipinski definition) is 3. The molecule has 1 aromatic heterocycles. The Morgan fingerprint density at radius 1 is 1.28 bits per heavy atom. The third kappa shape index (κ3) is 5.41. The molecule has 0 saturated carbocycles. The summed E-state index contributed by atoms with van der Waals surface area (Å²) in [7, 11) is 0. The largest absolute Gasteiger partial charge is 0.573 e. The van der Waals surface area contributed by atoms with Gasteiger partial charge in [0, 0.05) is 26.7 Å². The van der Waals surface area contributed by atoms with Gasteiger partial charge in [0.1, 0.15) is 5.75 Å². The Morgan fingerprint density at radius 2 is 2.03 bits per heavy atom. The number of nitrogens with one attached hydrogen (secondary N) is 2. The van der Waals surface area contributed by atoms with Crippen molar-refractivity contribution in [1.29, 1.82) is 5.26 Å². The molecule has 2 N–H and O–H groups in total. The van der Waals surface area contributed by atoms with E-state index in [9.17, 15) is 18.0 Å². The molecule has 0 aliphatic rings. The minimum Gasteiger partial charge on any atom is -0.405 e. The average molecular weight is 513 g/mol. The van der Waals surface area contributed by atoms with Crippen LogP contribution in [0.4, 0.5) is 13.2 Å². The molecular formula is C20H15F3IN3O2. The molecule has 1 heterocycles. The van der Waals surface area contributed by atoms with Gasteiger partial charge in [-0.2, -0.15) is 5.26 Å². The van der Waals surface area contributed by atoms with E-state index in [1.807, 2.05) is 52.9 Å². The topological polar surface area (TPSA) is 77.9 Å². The summed E-state index contributed by atoms with van der Waals surface area (Å²) >= 11 is 1.90. The highest BCUT2D eigenvalue weighted by Gasteiger charge is 2.33. The number of nitriles is 1. The molecule has 0 fully saturated rings. The molecule has 1 unspecified atom stereocenters. The van der Waals surface area contributed by atoms with Crippen LogP contribution in [-0.2, 0) is 6.42 Å². The fourth-order valence-corrected chi connectivity index (χ4v) is 3.50. The second kappa shape index (κ2) is 8.73. The summed E-state index contributed by atoms with van der Waals surface area (Å²) in [4.78, 5) is 15.8. The molecule has 3 rings (SSSR count). The monoisotopic (exact) mass is 513 g/mol. The van der Waals surface area contributed by atoms with Crippen LogP contribution in [0.1, 0.15) is 22.3 Å². The van der Waals surface area contributed by atoms with Gasteiger partial charge >= 0.3 is 6.36 Å². The number of carbonyl (C=O) groups excluding carboxylic acids is 1. The van der Waals surface area contributed by atoms with Crippen molar-refractivity contribution < 1.29 is 22.7 Å². The zero-order valence-electron chi connectivity index (χ0n) is 14.9. The Hall–Kier alpha value is -2.74. The van der Waals surface area contributed by atoms with Crippen LogP contribution < -0.4 is 10.1 Å². The van der Waals surface area contributed by atoms with Crippen molar-refractivity contribution in [2.75, 3.05) is 0 Å². The molecule has 0 aliphatic heterocycles. The number of H-pyrrole nitrogens is 1. The van der Waals surface area contributed by atoms with Crippen molar-refractivity contribution in [2.24, 2.45) is 0 Å². The summed E-state index contributed by atoms with van der Waals surface area (Å²) < 4.78 is 42.6. The number of benzene rings is 2. The van der Waals surface area contributed by atoms with Crippen molar-refractivity contribution in [3.63, 3.8) is 0 Å². The maximum atomic E-state index is 12.7.